The molecule has 0 bridgehead atoms. The molecule has 3 rings (SSSR count). The molecule has 0 aliphatic carbocycles. The van der Waals surface area contributed by atoms with Gasteiger partial charge in [0.25, 0.3) is 10.0 Å². The van der Waals surface area contributed by atoms with E-state index < -0.39 is 22.5 Å². The van der Waals surface area contributed by atoms with E-state index in [0.717, 1.165) is 15.4 Å². The van der Waals surface area contributed by atoms with Crippen LogP contribution in [-0.2, 0) is 14.8 Å². The van der Waals surface area contributed by atoms with Gasteiger partial charge in [0.1, 0.15) is 12.3 Å². The zero-order valence-electron chi connectivity index (χ0n) is 18.8. The van der Waals surface area contributed by atoms with Crippen LogP contribution in [0.2, 0.25) is 5.02 Å². The summed E-state index contributed by atoms with van der Waals surface area (Å²) >= 11 is 6.27. The van der Waals surface area contributed by atoms with E-state index in [1.165, 1.54) is 25.3 Å². The Morgan fingerprint density at radius 3 is 2.30 bits per heavy atom. The number of halogens is 1. The van der Waals surface area contributed by atoms with Crippen molar-refractivity contribution in [3.8, 4) is 5.75 Å². The first-order chi connectivity index (χ1) is 15.8. The number of methoxy groups -OCH3 is 1. The summed E-state index contributed by atoms with van der Waals surface area (Å²) in [6, 6.07) is 20.4. The summed E-state index contributed by atoms with van der Waals surface area (Å²) in [6.45, 7) is 3.43. The van der Waals surface area contributed by atoms with Crippen molar-refractivity contribution < 1.29 is 17.9 Å². The number of anilines is 1. The van der Waals surface area contributed by atoms with E-state index in [0.29, 0.717) is 12.2 Å². The van der Waals surface area contributed by atoms with E-state index in [2.05, 4.69) is 5.32 Å². The lowest BCUT2D eigenvalue weighted by molar-refractivity contribution is -0.120. The quantitative estimate of drug-likeness (QED) is 0.455. The molecule has 0 unspecified atom stereocenters. The molecule has 0 saturated heterocycles. The standard InChI is InChI=1S/C25H27ClN2O4S/c1-4-23(19-8-6-5-7-9-19)27-25(29)17-28(20-12-15-24(32-3)22(26)16-20)33(30,31)21-13-10-18(2)11-14-21/h5-16,23H,4,17H2,1-3H3,(H,27,29)/t23-/m1/s1. The van der Waals surface area contributed by atoms with Gasteiger partial charge in [-0.3, -0.25) is 9.10 Å². The summed E-state index contributed by atoms with van der Waals surface area (Å²) in [4.78, 5) is 13.1. The maximum Gasteiger partial charge on any atom is 0.264 e. The number of hydrogen-bond donors (Lipinski definition) is 1. The molecule has 174 valence electrons. The van der Waals surface area contributed by atoms with Crippen molar-refractivity contribution >= 4 is 33.2 Å². The van der Waals surface area contributed by atoms with Crippen LogP contribution in [0.1, 0.15) is 30.5 Å². The molecule has 6 nitrogen and oxygen atoms in total. The highest BCUT2D eigenvalue weighted by Crippen LogP contribution is 2.32. The minimum Gasteiger partial charge on any atom is -0.495 e. The molecule has 0 heterocycles. The van der Waals surface area contributed by atoms with Crippen molar-refractivity contribution in [3.05, 3.63) is 88.9 Å². The van der Waals surface area contributed by atoms with Crippen LogP contribution in [0.4, 0.5) is 5.69 Å². The number of carbonyl (C=O) groups excluding carboxylic acids is 1. The summed E-state index contributed by atoms with van der Waals surface area (Å²) < 4.78 is 33.3. The molecular weight excluding hydrogens is 460 g/mol. The molecule has 0 fully saturated rings. The summed E-state index contributed by atoms with van der Waals surface area (Å²) in [5.74, 6) is -0.0130. The zero-order chi connectivity index (χ0) is 24.0. The molecule has 0 aliphatic heterocycles. The molecule has 1 amide bonds. The van der Waals surface area contributed by atoms with Gasteiger partial charge >= 0.3 is 0 Å². The molecule has 0 aromatic heterocycles. The van der Waals surface area contributed by atoms with Crippen LogP contribution < -0.4 is 14.4 Å². The third kappa shape index (κ3) is 5.86. The number of nitrogens with zero attached hydrogens (tertiary/aromatic N) is 1. The summed E-state index contributed by atoms with van der Waals surface area (Å²) in [7, 11) is -2.56. The van der Waals surface area contributed by atoms with Gasteiger partial charge in [-0.05, 0) is 49.2 Å². The molecule has 1 N–H and O–H groups in total. The van der Waals surface area contributed by atoms with E-state index in [-0.39, 0.29) is 21.6 Å². The van der Waals surface area contributed by atoms with Crippen molar-refractivity contribution in [2.24, 2.45) is 0 Å². The zero-order valence-corrected chi connectivity index (χ0v) is 20.4. The lowest BCUT2D eigenvalue weighted by atomic mass is 10.0. The summed E-state index contributed by atoms with van der Waals surface area (Å²) in [5.41, 5.74) is 2.15. The first kappa shape index (κ1) is 24.6. The molecule has 33 heavy (non-hydrogen) atoms. The Bertz CT molecular complexity index is 1200. The van der Waals surface area contributed by atoms with E-state index in [1.807, 2.05) is 44.2 Å². The highest BCUT2D eigenvalue weighted by atomic mass is 35.5. The largest absolute Gasteiger partial charge is 0.495 e. The minimum atomic E-state index is -4.04. The second-order valence-electron chi connectivity index (χ2n) is 7.58. The first-order valence-electron chi connectivity index (χ1n) is 10.5. The second kappa shape index (κ2) is 10.7. The Morgan fingerprint density at radius 1 is 1.06 bits per heavy atom. The number of hydrogen-bond acceptors (Lipinski definition) is 4. The van der Waals surface area contributed by atoms with E-state index in [9.17, 15) is 13.2 Å². The fraction of sp³-hybridized carbons (Fsp3) is 0.240. The Balaban J connectivity index is 1.95. The van der Waals surface area contributed by atoms with Gasteiger partial charge in [0.2, 0.25) is 5.91 Å². The predicted molar refractivity (Wildman–Crippen MR) is 131 cm³/mol. The maximum absolute atomic E-state index is 13.5. The van der Waals surface area contributed by atoms with Crippen LogP contribution in [-0.4, -0.2) is 28.0 Å². The topological polar surface area (TPSA) is 75.7 Å². The molecule has 3 aromatic carbocycles. The molecule has 0 radical (unpaired) electrons. The smallest absolute Gasteiger partial charge is 0.264 e. The minimum absolute atomic E-state index is 0.0861. The molecule has 1 atom stereocenters. The number of rotatable bonds is 9. The van der Waals surface area contributed by atoms with Gasteiger partial charge in [0.05, 0.1) is 28.8 Å². The highest BCUT2D eigenvalue weighted by Gasteiger charge is 2.28. The lowest BCUT2D eigenvalue weighted by Crippen LogP contribution is -2.42. The maximum atomic E-state index is 13.5. The summed E-state index contributed by atoms with van der Waals surface area (Å²) in [6.07, 6.45) is 0.662. The third-order valence-electron chi connectivity index (χ3n) is 5.26. The molecule has 0 aliphatic rings. The Labute approximate surface area is 200 Å². The highest BCUT2D eigenvalue weighted by molar-refractivity contribution is 7.92. The molecule has 0 spiro atoms. The van der Waals surface area contributed by atoms with Gasteiger partial charge < -0.3 is 10.1 Å². The molecule has 0 saturated carbocycles. The number of amides is 1. The van der Waals surface area contributed by atoms with Gasteiger partial charge in [0, 0.05) is 0 Å². The average molecular weight is 487 g/mol. The van der Waals surface area contributed by atoms with E-state index >= 15 is 0 Å². The van der Waals surface area contributed by atoms with E-state index in [1.54, 1.807) is 24.3 Å². The molecular formula is C25H27ClN2O4S. The number of nitrogens with one attached hydrogen (secondary N) is 1. The van der Waals surface area contributed by atoms with Gasteiger partial charge in [-0.15, -0.1) is 0 Å². The number of ether oxygens (including phenoxy) is 1. The summed E-state index contributed by atoms with van der Waals surface area (Å²) in [5, 5.41) is 3.20. The SMILES string of the molecule is CC[C@@H](NC(=O)CN(c1ccc(OC)c(Cl)c1)S(=O)(=O)c1ccc(C)cc1)c1ccccc1. The van der Waals surface area contributed by atoms with Gasteiger partial charge in [-0.25, -0.2) is 8.42 Å². The number of benzene rings is 3. The predicted octanol–water partition coefficient (Wildman–Crippen LogP) is 5.12. The molecule has 8 heteroatoms. The lowest BCUT2D eigenvalue weighted by Gasteiger charge is -2.26. The first-order valence-corrected chi connectivity index (χ1v) is 12.3. The fourth-order valence-corrected chi connectivity index (χ4v) is 5.10. The number of sulfonamides is 1. The number of aryl methyl sites for hydroxylation is 1. The van der Waals surface area contributed by atoms with Gasteiger partial charge in [-0.1, -0.05) is 66.6 Å². The van der Waals surface area contributed by atoms with Crippen LogP contribution in [0, 0.1) is 6.92 Å². The Kier molecular flexibility index (Phi) is 8.00. The van der Waals surface area contributed by atoms with Crippen molar-refractivity contribution in [1.29, 1.82) is 0 Å². The van der Waals surface area contributed by atoms with Gasteiger partial charge in [0.15, 0.2) is 0 Å². The monoisotopic (exact) mass is 486 g/mol. The van der Waals surface area contributed by atoms with Crippen LogP contribution >= 0.6 is 11.6 Å². The van der Waals surface area contributed by atoms with Crippen LogP contribution in [0.3, 0.4) is 0 Å². The Morgan fingerprint density at radius 2 is 1.73 bits per heavy atom. The third-order valence-corrected chi connectivity index (χ3v) is 7.35. The normalized spacial score (nSPS) is 12.1. The van der Waals surface area contributed by atoms with Crippen molar-refractivity contribution in [2.45, 2.75) is 31.2 Å². The van der Waals surface area contributed by atoms with E-state index in [4.69, 9.17) is 16.3 Å². The fourth-order valence-electron chi connectivity index (χ4n) is 3.44. The van der Waals surface area contributed by atoms with Crippen LogP contribution in [0.15, 0.2) is 77.7 Å². The number of carbonyl (C=O) groups is 1. The average Bonchev–Trinajstić information content (AvgIpc) is 2.81. The van der Waals surface area contributed by atoms with Crippen molar-refractivity contribution in [3.63, 3.8) is 0 Å². The van der Waals surface area contributed by atoms with Gasteiger partial charge in [-0.2, -0.15) is 0 Å². The van der Waals surface area contributed by atoms with Crippen LogP contribution in [0.5, 0.6) is 5.75 Å². The Hall–Kier alpha value is -3.03. The molecule has 3 aromatic rings. The van der Waals surface area contributed by atoms with Crippen LogP contribution in [0.25, 0.3) is 0 Å². The van der Waals surface area contributed by atoms with Crippen molar-refractivity contribution in [1.82, 2.24) is 5.32 Å². The second-order valence-corrected chi connectivity index (χ2v) is 9.85. The van der Waals surface area contributed by atoms with Crippen molar-refractivity contribution in [2.75, 3.05) is 18.0 Å².